The number of nitrogens with zero attached hydrogens (tertiary/aromatic N) is 3. The number of aliphatic hydroxyl groups excluding tert-OH is 1. The highest BCUT2D eigenvalue weighted by molar-refractivity contribution is 5.58. The molecule has 0 amide bonds. The average Bonchev–Trinajstić information content (AvgIpc) is 2.74. The minimum Gasteiger partial charge on any atom is -0.391 e. The van der Waals surface area contributed by atoms with Crippen molar-refractivity contribution in [3.05, 3.63) is 11.9 Å². The van der Waals surface area contributed by atoms with Gasteiger partial charge in [0.25, 0.3) is 0 Å². The van der Waals surface area contributed by atoms with E-state index in [1.165, 1.54) is 6.33 Å². The van der Waals surface area contributed by atoms with Gasteiger partial charge in [-0.1, -0.05) is 6.92 Å². The SMILES string of the molecule is CCc1c(NN)ncnc1N1CCC(O)C1. The number of β-amino-alcohol motifs (C(OH)–C–C–N with tert-alkyl or cyclic N) is 1. The van der Waals surface area contributed by atoms with E-state index in [9.17, 15) is 5.11 Å². The number of nitrogens with two attached hydrogens (primary N) is 1. The van der Waals surface area contributed by atoms with Crippen LogP contribution in [0.4, 0.5) is 11.6 Å². The third-order valence-corrected chi connectivity index (χ3v) is 2.88. The van der Waals surface area contributed by atoms with Gasteiger partial charge in [0.2, 0.25) is 0 Å². The summed E-state index contributed by atoms with van der Waals surface area (Å²) in [5, 5.41) is 9.53. The van der Waals surface area contributed by atoms with Crippen LogP contribution in [0.1, 0.15) is 18.9 Å². The molecule has 0 radical (unpaired) electrons. The lowest BCUT2D eigenvalue weighted by Gasteiger charge is -2.20. The minimum absolute atomic E-state index is 0.256. The predicted octanol–water partition coefficient (Wildman–Crippen LogP) is -0.104. The van der Waals surface area contributed by atoms with E-state index < -0.39 is 0 Å². The fourth-order valence-corrected chi connectivity index (χ4v) is 2.06. The molecule has 1 atom stereocenters. The Morgan fingerprint density at radius 2 is 2.44 bits per heavy atom. The summed E-state index contributed by atoms with van der Waals surface area (Å²) in [6, 6.07) is 0. The van der Waals surface area contributed by atoms with Crippen LogP contribution < -0.4 is 16.2 Å². The Kier molecular flexibility index (Phi) is 3.21. The van der Waals surface area contributed by atoms with Crippen molar-refractivity contribution in [1.29, 1.82) is 0 Å². The molecule has 0 aromatic carbocycles. The van der Waals surface area contributed by atoms with Crippen LogP contribution in [0.25, 0.3) is 0 Å². The quantitative estimate of drug-likeness (QED) is 0.490. The summed E-state index contributed by atoms with van der Waals surface area (Å²) in [5.74, 6) is 6.95. The van der Waals surface area contributed by atoms with Crippen molar-refractivity contribution in [1.82, 2.24) is 9.97 Å². The molecule has 88 valence electrons. The zero-order valence-electron chi connectivity index (χ0n) is 9.35. The third kappa shape index (κ3) is 1.94. The maximum atomic E-state index is 9.53. The maximum absolute atomic E-state index is 9.53. The first-order chi connectivity index (χ1) is 7.76. The summed E-state index contributed by atoms with van der Waals surface area (Å²) in [5.41, 5.74) is 3.58. The van der Waals surface area contributed by atoms with Crippen molar-refractivity contribution < 1.29 is 5.11 Å². The molecule has 1 aromatic rings. The molecule has 0 bridgehead atoms. The first-order valence-corrected chi connectivity index (χ1v) is 5.49. The molecule has 0 saturated carbocycles. The van der Waals surface area contributed by atoms with Crippen LogP contribution in [-0.4, -0.2) is 34.3 Å². The fourth-order valence-electron chi connectivity index (χ4n) is 2.06. The first-order valence-electron chi connectivity index (χ1n) is 5.49. The number of aromatic nitrogens is 2. The van der Waals surface area contributed by atoms with Gasteiger partial charge in [-0.2, -0.15) is 0 Å². The van der Waals surface area contributed by atoms with E-state index in [4.69, 9.17) is 5.84 Å². The molecule has 2 heterocycles. The van der Waals surface area contributed by atoms with Crippen molar-refractivity contribution >= 4 is 11.6 Å². The average molecular weight is 223 g/mol. The van der Waals surface area contributed by atoms with Crippen molar-refractivity contribution in [3.8, 4) is 0 Å². The second-order valence-electron chi connectivity index (χ2n) is 3.91. The molecule has 1 unspecified atom stereocenters. The van der Waals surface area contributed by atoms with Crippen LogP contribution in [0.2, 0.25) is 0 Å². The van der Waals surface area contributed by atoms with Gasteiger partial charge in [0.05, 0.1) is 6.10 Å². The lowest BCUT2D eigenvalue weighted by atomic mass is 10.2. The molecular weight excluding hydrogens is 206 g/mol. The molecule has 2 rings (SSSR count). The second-order valence-corrected chi connectivity index (χ2v) is 3.91. The highest BCUT2D eigenvalue weighted by Gasteiger charge is 2.24. The summed E-state index contributed by atoms with van der Waals surface area (Å²) in [7, 11) is 0. The number of nitrogens with one attached hydrogen (secondary N) is 1. The van der Waals surface area contributed by atoms with Crippen LogP contribution in [-0.2, 0) is 6.42 Å². The standard InChI is InChI=1S/C10H17N5O/c1-2-8-9(14-11)12-6-13-10(8)15-4-3-7(16)5-15/h6-7,16H,2-5,11H2,1H3,(H,12,13,14). The van der Waals surface area contributed by atoms with E-state index in [2.05, 4.69) is 20.3 Å². The summed E-state index contributed by atoms with van der Waals surface area (Å²) < 4.78 is 0. The highest BCUT2D eigenvalue weighted by atomic mass is 16.3. The van der Waals surface area contributed by atoms with Crippen molar-refractivity contribution in [2.75, 3.05) is 23.4 Å². The number of hydrogen-bond acceptors (Lipinski definition) is 6. The van der Waals surface area contributed by atoms with Crippen LogP contribution in [0.15, 0.2) is 6.33 Å². The lowest BCUT2D eigenvalue weighted by molar-refractivity contribution is 0.198. The molecule has 1 fully saturated rings. The van der Waals surface area contributed by atoms with Crippen molar-refractivity contribution in [2.45, 2.75) is 25.9 Å². The summed E-state index contributed by atoms with van der Waals surface area (Å²) in [4.78, 5) is 10.4. The number of aliphatic hydroxyl groups is 1. The van der Waals surface area contributed by atoms with E-state index in [0.29, 0.717) is 12.4 Å². The van der Waals surface area contributed by atoms with Crippen LogP contribution in [0, 0.1) is 0 Å². The van der Waals surface area contributed by atoms with Gasteiger partial charge in [-0.05, 0) is 12.8 Å². The number of hydrogen-bond donors (Lipinski definition) is 3. The molecule has 6 heteroatoms. The Labute approximate surface area is 94.5 Å². The summed E-state index contributed by atoms with van der Waals surface area (Å²) in [6.07, 6.45) is 2.84. The largest absolute Gasteiger partial charge is 0.391 e. The number of nitrogen functional groups attached to an aromatic ring is 1. The molecular formula is C10H17N5O. The summed E-state index contributed by atoms with van der Waals surface area (Å²) in [6.45, 7) is 3.50. The molecule has 0 spiro atoms. The fraction of sp³-hybridized carbons (Fsp3) is 0.600. The Hall–Kier alpha value is -1.40. The number of anilines is 2. The minimum atomic E-state index is -0.256. The van der Waals surface area contributed by atoms with E-state index in [0.717, 1.165) is 30.8 Å². The third-order valence-electron chi connectivity index (χ3n) is 2.88. The molecule has 16 heavy (non-hydrogen) atoms. The topological polar surface area (TPSA) is 87.3 Å². The van der Waals surface area contributed by atoms with Crippen LogP contribution in [0.5, 0.6) is 0 Å². The molecule has 1 aliphatic rings. The Balaban J connectivity index is 2.32. The van der Waals surface area contributed by atoms with E-state index in [1.807, 2.05) is 6.92 Å². The van der Waals surface area contributed by atoms with Gasteiger partial charge in [-0.15, -0.1) is 0 Å². The van der Waals surface area contributed by atoms with Gasteiger partial charge in [0.1, 0.15) is 18.0 Å². The van der Waals surface area contributed by atoms with E-state index in [1.54, 1.807) is 0 Å². The van der Waals surface area contributed by atoms with Crippen molar-refractivity contribution in [2.24, 2.45) is 5.84 Å². The van der Waals surface area contributed by atoms with E-state index >= 15 is 0 Å². The van der Waals surface area contributed by atoms with Gasteiger partial charge in [0.15, 0.2) is 0 Å². The Morgan fingerprint density at radius 1 is 1.62 bits per heavy atom. The van der Waals surface area contributed by atoms with Gasteiger partial charge in [0, 0.05) is 18.7 Å². The van der Waals surface area contributed by atoms with Crippen LogP contribution in [0.3, 0.4) is 0 Å². The molecule has 4 N–H and O–H groups in total. The molecule has 1 saturated heterocycles. The van der Waals surface area contributed by atoms with E-state index in [-0.39, 0.29) is 6.10 Å². The summed E-state index contributed by atoms with van der Waals surface area (Å²) >= 11 is 0. The molecule has 0 aliphatic carbocycles. The first kappa shape index (κ1) is 11.1. The molecule has 1 aromatic heterocycles. The highest BCUT2D eigenvalue weighted by Crippen LogP contribution is 2.26. The van der Waals surface area contributed by atoms with Crippen molar-refractivity contribution in [3.63, 3.8) is 0 Å². The lowest BCUT2D eigenvalue weighted by Crippen LogP contribution is -2.24. The second kappa shape index (κ2) is 4.63. The number of rotatable bonds is 3. The Morgan fingerprint density at radius 3 is 3.00 bits per heavy atom. The van der Waals surface area contributed by atoms with Gasteiger partial charge in [-0.3, -0.25) is 0 Å². The zero-order valence-corrected chi connectivity index (χ0v) is 9.35. The van der Waals surface area contributed by atoms with Gasteiger partial charge < -0.3 is 15.4 Å². The predicted molar refractivity (Wildman–Crippen MR) is 62.1 cm³/mol. The van der Waals surface area contributed by atoms with Gasteiger partial charge >= 0.3 is 0 Å². The Bertz CT molecular complexity index is 370. The zero-order chi connectivity index (χ0) is 11.5. The smallest absolute Gasteiger partial charge is 0.148 e. The molecule has 6 nitrogen and oxygen atoms in total. The maximum Gasteiger partial charge on any atom is 0.148 e. The van der Waals surface area contributed by atoms with Gasteiger partial charge in [-0.25, -0.2) is 15.8 Å². The molecule has 1 aliphatic heterocycles. The van der Waals surface area contributed by atoms with Crippen LogP contribution >= 0.6 is 0 Å². The monoisotopic (exact) mass is 223 g/mol. The number of hydrazine groups is 1. The normalized spacial score (nSPS) is 20.2.